The van der Waals surface area contributed by atoms with Gasteiger partial charge >= 0.3 is 0 Å². The standard InChI is InChI=1S/C15H14N2O/c16-7-12-5-2-6-14-13(10-18)9-17(15(12)14)8-11-3-1-4-11/h2,5-6,9-11H,1,3-4,8H2. The van der Waals surface area contributed by atoms with Crippen LogP contribution in [0.3, 0.4) is 0 Å². The van der Waals surface area contributed by atoms with Crippen molar-refractivity contribution in [2.45, 2.75) is 25.8 Å². The lowest BCUT2D eigenvalue weighted by Crippen LogP contribution is -2.17. The van der Waals surface area contributed by atoms with Crippen LogP contribution in [0.4, 0.5) is 0 Å². The molecule has 1 aromatic carbocycles. The van der Waals surface area contributed by atoms with Gasteiger partial charge in [0.1, 0.15) is 6.07 Å². The van der Waals surface area contributed by atoms with Gasteiger partial charge in [-0.2, -0.15) is 5.26 Å². The number of nitrogens with zero attached hydrogens (tertiary/aromatic N) is 2. The molecule has 1 heterocycles. The maximum atomic E-state index is 11.1. The number of nitriles is 1. The summed E-state index contributed by atoms with van der Waals surface area (Å²) in [6, 6.07) is 7.78. The Bertz CT molecular complexity index is 644. The van der Waals surface area contributed by atoms with E-state index in [1.54, 1.807) is 0 Å². The minimum absolute atomic E-state index is 0.653. The first-order valence-corrected chi connectivity index (χ1v) is 6.30. The van der Waals surface area contributed by atoms with Gasteiger partial charge in [0.15, 0.2) is 6.29 Å². The van der Waals surface area contributed by atoms with Gasteiger partial charge in [0.2, 0.25) is 0 Å². The largest absolute Gasteiger partial charge is 0.345 e. The van der Waals surface area contributed by atoms with Crippen molar-refractivity contribution in [3.63, 3.8) is 0 Å². The molecule has 1 aliphatic carbocycles. The van der Waals surface area contributed by atoms with Crippen LogP contribution < -0.4 is 0 Å². The molecule has 0 bridgehead atoms. The summed E-state index contributed by atoms with van der Waals surface area (Å²) in [5, 5.41) is 10.1. The Morgan fingerprint density at radius 1 is 1.44 bits per heavy atom. The van der Waals surface area contributed by atoms with Crippen LogP contribution in [0.25, 0.3) is 10.9 Å². The topological polar surface area (TPSA) is 45.8 Å². The minimum Gasteiger partial charge on any atom is -0.345 e. The molecule has 1 saturated carbocycles. The molecule has 0 aliphatic heterocycles. The zero-order valence-corrected chi connectivity index (χ0v) is 10.1. The highest BCUT2D eigenvalue weighted by molar-refractivity contribution is 5.99. The van der Waals surface area contributed by atoms with E-state index in [0.29, 0.717) is 17.0 Å². The monoisotopic (exact) mass is 238 g/mol. The molecule has 2 aromatic rings. The highest BCUT2D eigenvalue weighted by Crippen LogP contribution is 2.31. The molecule has 0 atom stereocenters. The van der Waals surface area contributed by atoms with Crippen molar-refractivity contribution in [3.8, 4) is 6.07 Å². The number of hydrogen-bond acceptors (Lipinski definition) is 2. The summed E-state index contributed by atoms with van der Waals surface area (Å²) in [6.07, 6.45) is 6.57. The SMILES string of the molecule is N#Cc1cccc2c(C=O)cn(CC3CCC3)c12. The first-order valence-electron chi connectivity index (χ1n) is 6.30. The second-order valence-corrected chi connectivity index (χ2v) is 4.97. The van der Waals surface area contributed by atoms with E-state index in [1.807, 2.05) is 24.4 Å². The summed E-state index contributed by atoms with van der Waals surface area (Å²) < 4.78 is 2.08. The molecule has 3 heteroatoms. The van der Waals surface area contributed by atoms with Crippen molar-refractivity contribution >= 4 is 17.2 Å². The summed E-state index contributed by atoms with van der Waals surface area (Å²) >= 11 is 0. The third-order valence-electron chi connectivity index (χ3n) is 3.86. The number of benzene rings is 1. The smallest absolute Gasteiger partial charge is 0.152 e. The van der Waals surface area contributed by atoms with Crippen LogP contribution in [0.5, 0.6) is 0 Å². The Balaban J connectivity index is 2.17. The zero-order chi connectivity index (χ0) is 12.5. The van der Waals surface area contributed by atoms with E-state index < -0.39 is 0 Å². The minimum atomic E-state index is 0.653. The molecule has 3 rings (SSSR count). The van der Waals surface area contributed by atoms with Gasteiger partial charge in [-0.15, -0.1) is 0 Å². The molecule has 0 spiro atoms. The number of aldehydes is 1. The van der Waals surface area contributed by atoms with Gasteiger partial charge in [-0.1, -0.05) is 18.6 Å². The van der Waals surface area contributed by atoms with Gasteiger partial charge in [0, 0.05) is 23.7 Å². The Morgan fingerprint density at radius 2 is 2.28 bits per heavy atom. The van der Waals surface area contributed by atoms with Crippen molar-refractivity contribution in [2.24, 2.45) is 5.92 Å². The Labute approximate surface area is 106 Å². The second kappa shape index (κ2) is 4.30. The van der Waals surface area contributed by atoms with Crippen LogP contribution in [-0.2, 0) is 6.54 Å². The molecule has 0 radical (unpaired) electrons. The molecule has 3 nitrogen and oxygen atoms in total. The van der Waals surface area contributed by atoms with Crippen LogP contribution in [0.2, 0.25) is 0 Å². The van der Waals surface area contributed by atoms with Crippen molar-refractivity contribution in [3.05, 3.63) is 35.5 Å². The molecule has 1 aromatic heterocycles. The van der Waals surface area contributed by atoms with E-state index in [9.17, 15) is 10.1 Å². The van der Waals surface area contributed by atoms with Gasteiger partial charge in [0.25, 0.3) is 0 Å². The fourth-order valence-corrected chi connectivity index (χ4v) is 2.67. The third-order valence-corrected chi connectivity index (χ3v) is 3.86. The normalized spacial score (nSPS) is 15.3. The Morgan fingerprint density at radius 3 is 2.89 bits per heavy atom. The first-order chi connectivity index (χ1) is 8.83. The first kappa shape index (κ1) is 11.0. The molecule has 1 fully saturated rings. The van der Waals surface area contributed by atoms with Crippen LogP contribution in [0.1, 0.15) is 35.2 Å². The predicted molar refractivity (Wildman–Crippen MR) is 69.4 cm³/mol. The average molecular weight is 238 g/mol. The number of carbonyl (C=O) groups is 1. The highest BCUT2D eigenvalue weighted by Gasteiger charge is 2.20. The number of carbonyl (C=O) groups excluding carboxylic acids is 1. The van der Waals surface area contributed by atoms with Gasteiger partial charge in [0.05, 0.1) is 11.1 Å². The molecule has 90 valence electrons. The van der Waals surface area contributed by atoms with Gasteiger partial charge in [-0.3, -0.25) is 4.79 Å². The van der Waals surface area contributed by atoms with Crippen LogP contribution in [-0.4, -0.2) is 10.9 Å². The fourth-order valence-electron chi connectivity index (χ4n) is 2.67. The van der Waals surface area contributed by atoms with E-state index in [0.717, 1.165) is 23.7 Å². The molecular weight excluding hydrogens is 224 g/mol. The predicted octanol–water partition coefficient (Wildman–Crippen LogP) is 3.13. The van der Waals surface area contributed by atoms with Crippen molar-refractivity contribution in [2.75, 3.05) is 0 Å². The molecular formula is C15H14N2O. The summed E-state index contributed by atoms with van der Waals surface area (Å²) in [6.45, 7) is 0.920. The number of hydrogen-bond donors (Lipinski definition) is 0. The third kappa shape index (κ3) is 1.62. The second-order valence-electron chi connectivity index (χ2n) is 4.97. The highest BCUT2D eigenvalue weighted by atomic mass is 16.1. The molecule has 0 unspecified atom stereocenters. The molecule has 1 aliphatic rings. The fraction of sp³-hybridized carbons (Fsp3) is 0.333. The number of aromatic nitrogens is 1. The zero-order valence-electron chi connectivity index (χ0n) is 10.1. The van der Waals surface area contributed by atoms with E-state index in [2.05, 4.69) is 10.6 Å². The summed E-state index contributed by atoms with van der Waals surface area (Å²) in [5.74, 6) is 0.701. The van der Waals surface area contributed by atoms with Gasteiger partial charge in [-0.05, 0) is 24.8 Å². The Kier molecular flexibility index (Phi) is 2.64. The molecule has 0 N–H and O–H groups in total. The Hall–Kier alpha value is -2.08. The molecule has 0 saturated heterocycles. The number of para-hydroxylation sites is 1. The lowest BCUT2D eigenvalue weighted by Gasteiger charge is -2.26. The quantitative estimate of drug-likeness (QED) is 0.771. The molecule has 0 amide bonds. The summed E-state index contributed by atoms with van der Waals surface area (Å²) in [5.41, 5.74) is 2.25. The summed E-state index contributed by atoms with van der Waals surface area (Å²) in [7, 11) is 0. The van der Waals surface area contributed by atoms with Crippen LogP contribution in [0, 0.1) is 17.2 Å². The van der Waals surface area contributed by atoms with Crippen molar-refractivity contribution < 1.29 is 4.79 Å². The maximum absolute atomic E-state index is 11.1. The van der Waals surface area contributed by atoms with Crippen LogP contribution in [0.15, 0.2) is 24.4 Å². The lowest BCUT2D eigenvalue weighted by molar-refractivity contribution is 0.112. The van der Waals surface area contributed by atoms with E-state index >= 15 is 0 Å². The maximum Gasteiger partial charge on any atom is 0.152 e. The number of fused-ring (bicyclic) bond motifs is 1. The van der Waals surface area contributed by atoms with E-state index in [-0.39, 0.29) is 0 Å². The average Bonchev–Trinajstić information content (AvgIpc) is 2.72. The van der Waals surface area contributed by atoms with Gasteiger partial charge < -0.3 is 4.57 Å². The van der Waals surface area contributed by atoms with E-state index in [4.69, 9.17) is 0 Å². The molecule has 18 heavy (non-hydrogen) atoms. The number of rotatable bonds is 3. The van der Waals surface area contributed by atoms with E-state index in [1.165, 1.54) is 19.3 Å². The van der Waals surface area contributed by atoms with Crippen molar-refractivity contribution in [1.29, 1.82) is 5.26 Å². The van der Waals surface area contributed by atoms with Gasteiger partial charge in [-0.25, -0.2) is 0 Å². The van der Waals surface area contributed by atoms with Crippen molar-refractivity contribution in [1.82, 2.24) is 4.57 Å². The lowest BCUT2D eigenvalue weighted by atomic mass is 9.85. The van der Waals surface area contributed by atoms with Crippen LogP contribution >= 0.6 is 0 Å². The summed E-state index contributed by atoms with van der Waals surface area (Å²) in [4.78, 5) is 11.1.